The number of methoxy groups -OCH3 is 2. The van der Waals surface area contributed by atoms with Crippen LogP contribution in [0.4, 0.5) is 5.69 Å². The van der Waals surface area contributed by atoms with Crippen molar-refractivity contribution in [1.29, 1.82) is 0 Å². The van der Waals surface area contributed by atoms with Crippen molar-refractivity contribution in [3.8, 4) is 23.0 Å². The first-order valence-corrected chi connectivity index (χ1v) is 10.3. The first-order valence-electron chi connectivity index (χ1n) is 9.27. The lowest BCUT2D eigenvalue weighted by molar-refractivity contribution is -0.113. The standard InChI is InChI=1S/C23H20N2O4S/c1-27-20-10-8-15(12-21(20)28-2)23-25-18-13-16(9-11-19(18)29-23)24-22(26)14-30-17-6-4-3-5-7-17/h3-13H,14H2,1-2H3,(H,24,26). The van der Waals surface area contributed by atoms with Gasteiger partial charge in [0, 0.05) is 16.1 Å². The molecule has 0 radical (unpaired) electrons. The lowest BCUT2D eigenvalue weighted by Crippen LogP contribution is -2.13. The van der Waals surface area contributed by atoms with Gasteiger partial charge >= 0.3 is 0 Å². The SMILES string of the molecule is COc1ccc(-c2nc3cc(NC(=O)CSc4ccccc4)ccc3o2)cc1OC. The topological polar surface area (TPSA) is 73.6 Å². The van der Waals surface area contributed by atoms with E-state index in [2.05, 4.69) is 10.3 Å². The summed E-state index contributed by atoms with van der Waals surface area (Å²) in [4.78, 5) is 17.9. The number of rotatable bonds is 7. The first kappa shape index (κ1) is 19.8. The number of aromatic nitrogens is 1. The minimum Gasteiger partial charge on any atom is -0.493 e. The number of carbonyl (C=O) groups is 1. The average molecular weight is 420 g/mol. The third-order valence-electron chi connectivity index (χ3n) is 4.41. The van der Waals surface area contributed by atoms with Crippen LogP contribution in [0.15, 0.2) is 76.0 Å². The molecule has 0 saturated carbocycles. The number of nitrogens with zero attached hydrogens (tertiary/aromatic N) is 1. The number of benzene rings is 3. The normalized spacial score (nSPS) is 10.7. The fourth-order valence-electron chi connectivity index (χ4n) is 2.96. The molecule has 0 aliphatic heterocycles. The second-order valence-corrected chi connectivity index (χ2v) is 7.47. The Balaban J connectivity index is 1.49. The van der Waals surface area contributed by atoms with Gasteiger partial charge in [0.25, 0.3) is 0 Å². The number of hydrogen-bond donors (Lipinski definition) is 1. The summed E-state index contributed by atoms with van der Waals surface area (Å²) < 4.78 is 16.5. The number of oxazole rings is 1. The van der Waals surface area contributed by atoms with Crippen molar-refractivity contribution in [3.05, 3.63) is 66.7 Å². The molecule has 0 saturated heterocycles. The molecule has 1 N–H and O–H groups in total. The molecule has 6 nitrogen and oxygen atoms in total. The largest absolute Gasteiger partial charge is 0.493 e. The highest BCUT2D eigenvalue weighted by atomic mass is 32.2. The van der Waals surface area contributed by atoms with E-state index in [0.717, 1.165) is 10.5 Å². The molecule has 0 fully saturated rings. The zero-order valence-electron chi connectivity index (χ0n) is 16.5. The molecule has 7 heteroatoms. The van der Waals surface area contributed by atoms with Crippen molar-refractivity contribution >= 4 is 34.5 Å². The van der Waals surface area contributed by atoms with Crippen LogP contribution in [-0.2, 0) is 4.79 Å². The van der Waals surface area contributed by atoms with Crippen molar-refractivity contribution in [2.45, 2.75) is 4.90 Å². The van der Waals surface area contributed by atoms with Gasteiger partial charge in [0.1, 0.15) is 5.52 Å². The van der Waals surface area contributed by atoms with Gasteiger partial charge in [-0.1, -0.05) is 18.2 Å². The summed E-state index contributed by atoms with van der Waals surface area (Å²) >= 11 is 1.49. The van der Waals surface area contributed by atoms with Gasteiger partial charge in [-0.25, -0.2) is 4.98 Å². The predicted molar refractivity (Wildman–Crippen MR) is 118 cm³/mol. The van der Waals surface area contributed by atoms with E-state index in [0.29, 0.717) is 39.9 Å². The molecule has 0 atom stereocenters. The van der Waals surface area contributed by atoms with Crippen LogP contribution >= 0.6 is 11.8 Å². The summed E-state index contributed by atoms with van der Waals surface area (Å²) in [7, 11) is 3.17. The van der Waals surface area contributed by atoms with E-state index in [1.54, 1.807) is 38.5 Å². The van der Waals surface area contributed by atoms with Crippen LogP contribution in [0.1, 0.15) is 0 Å². The quantitative estimate of drug-likeness (QED) is 0.412. The third kappa shape index (κ3) is 4.41. The molecule has 0 aliphatic carbocycles. The van der Waals surface area contributed by atoms with Crippen molar-refractivity contribution in [3.63, 3.8) is 0 Å². The molecule has 152 valence electrons. The summed E-state index contributed by atoms with van der Waals surface area (Å²) in [6.07, 6.45) is 0. The van der Waals surface area contributed by atoms with Crippen LogP contribution in [0.2, 0.25) is 0 Å². The molecule has 1 amide bonds. The van der Waals surface area contributed by atoms with Gasteiger partial charge in [0.2, 0.25) is 11.8 Å². The number of hydrogen-bond acceptors (Lipinski definition) is 6. The molecular formula is C23H20N2O4S. The molecule has 1 heterocycles. The Kier molecular flexibility index (Phi) is 5.90. The van der Waals surface area contributed by atoms with Gasteiger partial charge in [0.15, 0.2) is 17.1 Å². The molecule has 4 rings (SSSR count). The lowest BCUT2D eigenvalue weighted by atomic mass is 10.2. The highest BCUT2D eigenvalue weighted by molar-refractivity contribution is 8.00. The highest BCUT2D eigenvalue weighted by Crippen LogP contribution is 2.33. The van der Waals surface area contributed by atoms with Gasteiger partial charge < -0.3 is 19.2 Å². The van der Waals surface area contributed by atoms with Gasteiger partial charge in [-0.3, -0.25) is 4.79 Å². The van der Waals surface area contributed by atoms with Crippen LogP contribution in [-0.4, -0.2) is 30.9 Å². The fraction of sp³-hybridized carbons (Fsp3) is 0.130. The molecule has 0 bridgehead atoms. The number of ether oxygens (including phenoxy) is 2. The summed E-state index contributed by atoms with van der Waals surface area (Å²) in [6, 6.07) is 20.7. The Morgan fingerprint density at radius 3 is 2.57 bits per heavy atom. The zero-order valence-corrected chi connectivity index (χ0v) is 17.4. The van der Waals surface area contributed by atoms with E-state index in [-0.39, 0.29) is 5.91 Å². The molecule has 3 aromatic carbocycles. The minimum atomic E-state index is -0.0770. The van der Waals surface area contributed by atoms with Crippen molar-refractivity contribution in [1.82, 2.24) is 4.98 Å². The van der Waals surface area contributed by atoms with Crippen molar-refractivity contribution in [2.75, 3.05) is 25.3 Å². The maximum atomic E-state index is 12.3. The molecule has 0 spiro atoms. The van der Waals surface area contributed by atoms with E-state index in [1.165, 1.54) is 11.8 Å². The number of anilines is 1. The molecular weight excluding hydrogens is 400 g/mol. The number of amides is 1. The van der Waals surface area contributed by atoms with Crippen LogP contribution in [0, 0.1) is 0 Å². The number of carbonyl (C=O) groups excluding carboxylic acids is 1. The number of thioether (sulfide) groups is 1. The smallest absolute Gasteiger partial charge is 0.234 e. The predicted octanol–water partition coefficient (Wildman–Crippen LogP) is 5.24. The Hall–Kier alpha value is -3.45. The van der Waals surface area contributed by atoms with Gasteiger partial charge in [0.05, 0.1) is 20.0 Å². The average Bonchev–Trinajstić information content (AvgIpc) is 3.21. The Bertz CT molecular complexity index is 1170. The van der Waals surface area contributed by atoms with Crippen molar-refractivity contribution < 1.29 is 18.7 Å². The van der Waals surface area contributed by atoms with Crippen LogP contribution in [0.3, 0.4) is 0 Å². The summed E-state index contributed by atoms with van der Waals surface area (Å²) in [5.74, 6) is 1.95. The number of nitrogens with one attached hydrogen (secondary N) is 1. The van der Waals surface area contributed by atoms with E-state index in [9.17, 15) is 4.79 Å². The van der Waals surface area contributed by atoms with Crippen LogP contribution < -0.4 is 14.8 Å². The van der Waals surface area contributed by atoms with Crippen LogP contribution in [0.25, 0.3) is 22.6 Å². The van der Waals surface area contributed by atoms with Gasteiger partial charge in [-0.2, -0.15) is 0 Å². The minimum absolute atomic E-state index is 0.0770. The molecule has 30 heavy (non-hydrogen) atoms. The second-order valence-electron chi connectivity index (χ2n) is 6.42. The second kappa shape index (κ2) is 8.92. The van der Waals surface area contributed by atoms with E-state index < -0.39 is 0 Å². The Morgan fingerprint density at radius 1 is 1.00 bits per heavy atom. The maximum absolute atomic E-state index is 12.3. The summed E-state index contributed by atoms with van der Waals surface area (Å²) in [5.41, 5.74) is 2.74. The Morgan fingerprint density at radius 2 is 1.80 bits per heavy atom. The van der Waals surface area contributed by atoms with Crippen molar-refractivity contribution in [2.24, 2.45) is 0 Å². The third-order valence-corrected chi connectivity index (χ3v) is 5.43. The van der Waals surface area contributed by atoms with Gasteiger partial charge in [-0.15, -0.1) is 11.8 Å². The Labute approximate surface area is 178 Å². The zero-order chi connectivity index (χ0) is 20.9. The molecule has 0 aliphatic rings. The number of fused-ring (bicyclic) bond motifs is 1. The molecule has 4 aromatic rings. The van der Waals surface area contributed by atoms with E-state index in [4.69, 9.17) is 13.9 Å². The maximum Gasteiger partial charge on any atom is 0.234 e. The van der Waals surface area contributed by atoms with Crippen LogP contribution in [0.5, 0.6) is 11.5 Å². The molecule has 1 aromatic heterocycles. The fourth-order valence-corrected chi connectivity index (χ4v) is 3.68. The molecule has 0 unspecified atom stereocenters. The summed E-state index contributed by atoms with van der Waals surface area (Å²) in [6.45, 7) is 0. The van der Waals surface area contributed by atoms with Gasteiger partial charge in [-0.05, 0) is 48.5 Å². The monoisotopic (exact) mass is 420 g/mol. The highest BCUT2D eigenvalue weighted by Gasteiger charge is 2.13. The van der Waals surface area contributed by atoms with E-state index >= 15 is 0 Å². The first-order chi connectivity index (χ1) is 14.7. The lowest BCUT2D eigenvalue weighted by Gasteiger charge is -2.07. The summed E-state index contributed by atoms with van der Waals surface area (Å²) in [5, 5.41) is 2.91. The van der Waals surface area contributed by atoms with E-state index in [1.807, 2.05) is 42.5 Å².